The predicted octanol–water partition coefficient (Wildman–Crippen LogP) is 2.62. The molecule has 1 aromatic heterocycles. The van der Waals surface area contributed by atoms with Crippen LogP contribution in [0.4, 0.5) is 14.6 Å². The first-order chi connectivity index (χ1) is 12.8. The van der Waals surface area contributed by atoms with Crippen molar-refractivity contribution in [1.29, 1.82) is 0 Å². The third-order valence-corrected chi connectivity index (χ3v) is 4.71. The Morgan fingerprint density at radius 1 is 1.33 bits per heavy atom. The number of anilines is 1. The molecule has 6 nitrogen and oxygen atoms in total. The average Bonchev–Trinajstić information content (AvgIpc) is 3.27. The van der Waals surface area contributed by atoms with Gasteiger partial charge in [-0.1, -0.05) is 6.92 Å². The van der Waals surface area contributed by atoms with Crippen LogP contribution in [-0.4, -0.2) is 28.1 Å². The highest BCUT2D eigenvalue weighted by Gasteiger charge is 2.38. The topological polar surface area (TPSA) is 76.0 Å². The summed E-state index contributed by atoms with van der Waals surface area (Å²) in [5.41, 5.74) is 0.843. The first-order valence-corrected chi connectivity index (χ1v) is 8.89. The minimum atomic E-state index is -0.543. The summed E-state index contributed by atoms with van der Waals surface area (Å²) < 4.78 is 28.6. The van der Waals surface area contributed by atoms with Gasteiger partial charge < -0.3 is 10.6 Å². The highest BCUT2D eigenvalue weighted by atomic mass is 19.1. The third-order valence-electron chi connectivity index (χ3n) is 4.71. The average molecular weight is 376 g/mol. The molecule has 1 aliphatic carbocycles. The molecule has 0 aliphatic heterocycles. The predicted molar refractivity (Wildman–Crippen MR) is 96.0 cm³/mol. The molecular formula is C19H22F2N4O2. The van der Waals surface area contributed by atoms with Crippen LogP contribution in [0.15, 0.2) is 24.4 Å². The number of hydrogen-bond donors (Lipinski definition) is 2. The van der Waals surface area contributed by atoms with Crippen molar-refractivity contribution >= 4 is 17.6 Å². The van der Waals surface area contributed by atoms with E-state index in [2.05, 4.69) is 15.7 Å². The zero-order valence-electron chi connectivity index (χ0n) is 15.3. The Bertz CT molecular complexity index is 865. The monoisotopic (exact) mass is 376 g/mol. The van der Waals surface area contributed by atoms with Crippen LogP contribution in [0.2, 0.25) is 0 Å². The summed E-state index contributed by atoms with van der Waals surface area (Å²) in [6.07, 6.45) is 2.56. The second kappa shape index (κ2) is 7.85. The molecule has 0 spiro atoms. The minimum absolute atomic E-state index is 0.0106. The summed E-state index contributed by atoms with van der Waals surface area (Å²) in [7, 11) is 0. The Hall–Kier alpha value is -2.77. The Labute approximate surface area is 155 Å². The van der Waals surface area contributed by atoms with Crippen molar-refractivity contribution in [3.63, 3.8) is 0 Å². The highest BCUT2D eigenvalue weighted by molar-refractivity contribution is 5.91. The number of amides is 2. The lowest BCUT2D eigenvalue weighted by atomic mass is 10.2. The van der Waals surface area contributed by atoms with Gasteiger partial charge in [-0.15, -0.1) is 0 Å². The van der Waals surface area contributed by atoms with Crippen LogP contribution < -0.4 is 10.6 Å². The number of carbonyl (C=O) groups is 2. The number of aryl methyl sites for hydroxylation is 1. The smallest absolute Gasteiger partial charge is 0.227 e. The van der Waals surface area contributed by atoms with Crippen molar-refractivity contribution in [2.45, 2.75) is 33.2 Å². The summed E-state index contributed by atoms with van der Waals surface area (Å²) in [4.78, 5) is 23.9. The summed E-state index contributed by atoms with van der Waals surface area (Å²) in [6.45, 7) is 4.02. The van der Waals surface area contributed by atoms with Gasteiger partial charge in [-0.05, 0) is 37.5 Å². The fourth-order valence-corrected chi connectivity index (χ4v) is 2.90. The van der Waals surface area contributed by atoms with E-state index in [-0.39, 0.29) is 42.8 Å². The number of hydrogen-bond acceptors (Lipinski definition) is 3. The molecule has 2 atom stereocenters. The number of benzene rings is 1. The summed E-state index contributed by atoms with van der Waals surface area (Å²) in [6, 6.07) is 3.21. The van der Waals surface area contributed by atoms with Crippen LogP contribution in [-0.2, 0) is 16.1 Å². The molecule has 1 fully saturated rings. The van der Waals surface area contributed by atoms with Crippen molar-refractivity contribution in [2.24, 2.45) is 11.8 Å². The zero-order chi connectivity index (χ0) is 19.6. The first kappa shape index (κ1) is 19.0. The normalized spacial score (nSPS) is 18.2. The maximum atomic E-state index is 13.9. The van der Waals surface area contributed by atoms with Crippen LogP contribution in [0.5, 0.6) is 0 Å². The maximum absolute atomic E-state index is 13.9. The lowest BCUT2D eigenvalue weighted by molar-refractivity contribution is -0.122. The fourth-order valence-electron chi connectivity index (χ4n) is 2.90. The van der Waals surface area contributed by atoms with E-state index in [9.17, 15) is 18.4 Å². The van der Waals surface area contributed by atoms with E-state index in [1.54, 1.807) is 13.1 Å². The number of carbonyl (C=O) groups excluding carboxylic acids is 2. The second-order valence-corrected chi connectivity index (χ2v) is 6.98. The standard InChI is InChI=1S/C19H22F2N4O2/c1-11-7-15(11)19(27)22-6-5-17(26)24-18-12(2)9-23-25(18)10-13-8-14(20)3-4-16(13)21/h3-4,8-9,11,15H,5-7,10H2,1-2H3,(H,22,27)(H,24,26)/t11-,15+/m0/s1. The minimum Gasteiger partial charge on any atom is -0.355 e. The summed E-state index contributed by atoms with van der Waals surface area (Å²) >= 11 is 0. The molecule has 0 unspecified atom stereocenters. The molecule has 2 N–H and O–H groups in total. The Morgan fingerprint density at radius 2 is 2.07 bits per heavy atom. The van der Waals surface area contributed by atoms with Gasteiger partial charge in [0.1, 0.15) is 17.5 Å². The Kier molecular flexibility index (Phi) is 5.53. The van der Waals surface area contributed by atoms with Crippen LogP contribution in [0.3, 0.4) is 0 Å². The lowest BCUT2D eigenvalue weighted by Crippen LogP contribution is -2.29. The van der Waals surface area contributed by atoms with E-state index in [4.69, 9.17) is 0 Å². The van der Waals surface area contributed by atoms with Gasteiger partial charge in [-0.3, -0.25) is 9.59 Å². The van der Waals surface area contributed by atoms with Gasteiger partial charge in [0.25, 0.3) is 0 Å². The molecule has 0 radical (unpaired) electrons. The van der Waals surface area contributed by atoms with Crippen LogP contribution in [0.1, 0.15) is 30.9 Å². The van der Waals surface area contributed by atoms with Crippen molar-refractivity contribution in [1.82, 2.24) is 15.1 Å². The van der Waals surface area contributed by atoms with Gasteiger partial charge in [-0.25, -0.2) is 13.5 Å². The fraction of sp³-hybridized carbons (Fsp3) is 0.421. The van der Waals surface area contributed by atoms with Crippen LogP contribution in [0.25, 0.3) is 0 Å². The van der Waals surface area contributed by atoms with Crippen molar-refractivity contribution in [2.75, 3.05) is 11.9 Å². The summed E-state index contributed by atoms with van der Waals surface area (Å²) in [5, 5.41) is 9.62. The van der Waals surface area contributed by atoms with Gasteiger partial charge in [0.05, 0.1) is 12.7 Å². The Balaban J connectivity index is 1.58. The molecule has 2 amide bonds. The molecule has 2 aromatic rings. The molecule has 0 saturated heterocycles. The molecule has 27 heavy (non-hydrogen) atoms. The van der Waals surface area contributed by atoms with E-state index in [1.807, 2.05) is 6.92 Å². The molecular weight excluding hydrogens is 354 g/mol. The molecule has 1 aliphatic rings. The molecule has 1 saturated carbocycles. The number of aromatic nitrogens is 2. The molecule has 3 rings (SSSR count). The number of halogens is 2. The zero-order valence-corrected chi connectivity index (χ0v) is 15.3. The SMILES string of the molecule is Cc1cnn(Cc2cc(F)ccc2F)c1NC(=O)CCNC(=O)[C@@H]1C[C@@H]1C. The number of nitrogens with one attached hydrogen (secondary N) is 2. The third kappa shape index (κ3) is 4.69. The first-order valence-electron chi connectivity index (χ1n) is 8.89. The lowest BCUT2D eigenvalue weighted by Gasteiger charge is -2.11. The molecule has 1 aromatic carbocycles. The number of rotatable bonds is 7. The largest absolute Gasteiger partial charge is 0.355 e. The van der Waals surface area contributed by atoms with Crippen molar-refractivity contribution in [3.05, 3.63) is 47.2 Å². The van der Waals surface area contributed by atoms with E-state index >= 15 is 0 Å². The quantitative estimate of drug-likeness (QED) is 0.780. The van der Waals surface area contributed by atoms with Crippen molar-refractivity contribution < 1.29 is 18.4 Å². The van der Waals surface area contributed by atoms with Gasteiger partial charge in [0.2, 0.25) is 11.8 Å². The molecule has 8 heteroatoms. The van der Waals surface area contributed by atoms with Gasteiger partial charge in [0, 0.05) is 30.0 Å². The second-order valence-electron chi connectivity index (χ2n) is 6.98. The van der Waals surface area contributed by atoms with Crippen molar-refractivity contribution in [3.8, 4) is 0 Å². The van der Waals surface area contributed by atoms with Gasteiger partial charge >= 0.3 is 0 Å². The van der Waals surface area contributed by atoms with E-state index in [1.165, 1.54) is 4.68 Å². The van der Waals surface area contributed by atoms with E-state index < -0.39 is 11.6 Å². The number of nitrogens with zero attached hydrogens (tertiary/aromatic N) is 2. The highest BCUT2D eigenvalue weighted by Crippen LogP contribution is 2.37. The Morgan fingerprint density at radius 3 is 2.78 bits per heavy atom. The van der Waals surface area contributed by atoms with E-state index in [0.717, 1.165) is 24.6 Å². The molecule has 144 valence electrons. The van der Waals surface area contributed by atoms with Crippen LogP contribution >= 0.6 is 0 Å². The van der Waals surface area contributed by atoms with Gasteiger partial charge in [0.15, 0.2) is 0 Å². The summed E-state index contributed by atoms with van der Waals surface area (Å²) in [5.74, 6) is -0.481. The molecule has 0 bridgehead atoms. The van der Waals surface area contributed by atoms with Crippen LogP contribution in [0, 0.1) is 30.4 Å². The maximum Gasteiger partial charge on any atom is 0.227 e. The van der Waals surface area contributed by atoms with E-state index in [0.29, 0.717) is 17.3 Å². The van der Waals surface area contributed by atoms with Gasteiger partial charge in [-0.2, -0.15) is 5.10 Å². The molecule has 1 heterocycles.